The lowest BCUT2D eigenvalue weighted by atomic mass is 10.1. The van der Waals surface area contributed by atoms with Crippen LogP contribution >= 0.6 is 0 Å². The summed E-state index contributed by atoms with van der Waals surface area (Å²) in [6, 6.07) is 5.73. The molecule has 0 saturated carbocycles. The fourth-order valence-electron chi connectivity index (χ4n) is 1.63. The van der Waals surface area contributed by atoms with Crippen LogP contribution in [-0.4, -0.2) is 17.6 Å². The van der Waals surface area contributed by atoms with Crippen LogP contribution in [0.15, 0.2) is 34.9 Å². The third-order valence-corrected chi connectivity index (χ3v) is 2.58. The third-order valence-electron chi connectivity index (χ3n) is 2.58. The van der Waals surface area contributed by atoms with Crippen molar-refractivity contribution in [1.82, 2.24) is 0 Å². The quantitative estimate of drug-likeness (QED) is 0.874. The van der Waals surface area contributed by atoms with Crippen molar-refractivity contribution in [1.29, 1.82) is 0 Å². The van der Waals surface area contributed by atoms with Crippen molar-refractivity contribution in [2.45, 2.75) is 6.42 Å². The SMILES string of the molecule is O=C(O)c1ccc(NCCc2ccco2)c(F)c1F. The molecule has 0 saturated heterocycles. The number of furan rings is 1. The molecule has 0 radical (unpaired) electrons. The van der Waals surface area contributed by atoms with Crippen molar-refractivity contribution >= 4 is 11.7 Å². The van der Waals surface area contributed by atoms with Crippen LogP contribution < -0.4 is 5.32 Å². The predicted octanol–water partition coefficient (Wildman–Crippen LogP) is 2.91. The number of carbonyl (C=O) groups is 1. The van der Waals surface area contributed by atoms with Gasteiger partial charge in [0.05, 0.1) is 17.5 Å². The first kappa shape index (κ1) is 13.1. The lowest BCUT2D eigenvalue weighted by Crippen LogP contribution is -2.09. The number of carboxylic acids is 1. The van der Waals surface area contributed by atoms with E-state index in [1.807, 2.05) is 0 Å². The zero-order valence-corrected chi connectivity index (χ0v) is 9.82. The molecular formula is C13H11F2NO3. The third kappa shape index (κ3) is 2.90. The van der Waals surface area contributed by atoms with E-state index in [0.29, 0.717) is 13.0 Å². The van der Waals surface area contributed by atoms with E-state index in [2.05, 4.69) is 5.32 Å². The number of aromatic carboxylic acids is 1. The molecule has 0 unspecified atom stereocenters. The molecule has 0 aliphatic heterocycles. The second kappa shape index (κ2) is 5.51. The minimum atomic E-state index is -1.50. The number of hydrogen-bond acceptors (Lipinski definition) is 3. The highest BCUT2D eigenvalue weighted by Crippen LogP contribution is 2.20. The number of benzene rings is 1. The van der Waals surface area contributed by atoms with Crippen molar-refractivity contribution in [3.63, 3.8) is 0 Å². The minimum absolute atomic E-state index is 0.0749. The first-order valence-electron chi connectivity index (χ1n) is 5.57. The molecule has 4 nitrogen and oxygen atoms in total. The van der Waals surface area contributed by atoms with Crippen LogP contribution in [0.2, 0.25) is 0 Å². The average molecular weight is 267 g/mol. The van der Waals surface area contributed by atoms with Gasteiger partial charge in [0, 0.05) is 13.0 Å². The smallest absolute Gasteiger partial charge is 0.338 e. The lowest BCUT2D eigenvalue weighted by Gasteiger charge is -2.08. The number of anilines is 1. The van der Waals surface area contributed by atoms with E-state index in [4.69, 9.17) is 9.52 Å². The molecule has 0 aliphatic rings. The van der Waals surface area contributed by atoms with Crippen LogP contribution in [0.1, 0.15) is 16.1 Å². The fourth-order valence-corrected chi connectivity index (χ4v) is 1.63. The molecule has 0 bridgehead atoms. The van der Waals surface area contributed by atoms with Crippen LogP contribution in [0, 0.1) is 11.6 Å². The Kier molecular flexibility index (Phi) is 3.79. The fraction of sp³-hybridized carbons (Fsp3) is 0.154. The van der Waals surface area contributed by atoms with Gasteiger partial charge in [-0.25, -0.2) is 13.6 Å². The largest absolute Gasteiger partial charge is 0.478 e. The summed E-state index contributed by atoms with van der Waals surface area (Å²) in [5, 5.41) is 11.3. The van der Waals surface area contributed by atoms with Gasteiger partial charge in [-0.1, -0.05) is 0 Å². The van der Waals surface area contributed by atoms with Crippen molar-refractivity contribution < 1.29 is 23.1 Å². The molecule has 0 amide bonds. The number of hydrogen-bond donors (Lipinski definition) is 2. The van der Waals surface area contributed by atoms with E-state index in [-0.39, 0.29) is 5.69 Å². The summed E-state index contributed by atoms with van der Waals surface area (Å²) in [5.41, 5.74) is -0.761. The minimum Gasteiger partial charge on any atom is -0.478 e. The molecule has 1 aromatic heterocycles. The van der Waals surface area contributed by atoms with Crippen molar-refractivity contribution in [2.75, 3.05) is 11.9 Å². The van der Waals surface area contributed by atoms with Crippen LogP contribution in [0.5, 0.6) is 0 Å². The Bertz CT molecular complexity index is 582. The Balaban J connectivity index is 2.05. The zero-order chi connectivity index (χ0) is 13.8. The summed E-state index contributed by atoms with van der Waals surface area (Å²) in [6.45, 7) is 0.344. The standard InChI is InChI=1S/C13H11F2NO3/c14-11-9(13(17)18)3-4-10(12(11)15)16-6-5-8-2-1-7-19-8/h1-4,7,16H,5-6H2,(H,17,18). The Morgan fingerprint density at radius 1 is 1.26 bits per heavy atom. The Morgan fingerprint density at radius 2 is 2.05 bits per heavy atom. The molecule has 0 fully saturated rings. The topological polar surface area (TPSA) is 62.5 Å². The molecule has 0 atom stereocenters. The number of carboxylic acid groups (broad SMARTS) is 1. The maximum atomic E-state index is 13.6. The summed E-state index contributed by atoms with van der Waals surface area (Å²) >= 11 is 0. The van der Waals surface area contributed by atoms with Gasteiger partial charge >= 0.3 is 5.97 Å². The normalized spacial score (nSPS) is 10.4. The molecule has 1 heterocycles. The van der Waals surface area contributed by atoms with E-state index in [9.17, 15) is 13.6 Å². The van der Waals surface area contributed by atoms with Crippen molar-refractivity contribution in [2.24, 2.45) is 0 Å². The zero-order valence-electron chi connectivity index (χ0n) is 9.82. The Morgan fingerprint density at radius 3 is 2.68 bits per heavy atom. The summed E-state index contributed by atoms with van der Waals surface area (Å²) in [4.78, 5) is 10.6. The van der Waals surface area contributed by atoms with Gasteiger partial charge in [-0.2, -0.15) is 0 Å². The van der Waals surface area contributed by atoms with Gasteiger partial charge in [0.15, 0.2) is 11.6 Å². The van der Waals surface area contributed by atoms with Gasteiger partial charge in [-0.05, 0) is 24.3 Å². The number of rotatable bonds is 5. The molecule has 2 aromatic rings. The number of nitrogens with one attached hydrogen (secondary N) is 1. The highest BCUT2D eigenvalue weighted by atomic mass is 19.2. The van der Waals surface area contributed by atoms with Crippen LogP contribution in [0.3, 0.4) is 0 Å². The number of halogens is 2. The molecule has 100 valence electrons. The van der Waals surface area contributed by atoms with Gasteiger partial charge in [-0.15, -0.1) is 0 Å². The van der Waals surface area contributed by atoms with E-state index < -0.39 is 23.2 Å². The Labute approximate surface area is 107 Å². The van der Waals surface area contributed by atoms with E-state index in [1.165, 1.54) is 12.3 Å². The molecule has 6 heteroatoms. The van der Waals surface area contributed by atoms with Gasteiger partial charge in [0.2, 0.25) is 0 Å². The average Bonchev–Trinajstić information content (AvgIpc) is 2.87. The lowest BCUT2D eigenvalue weighted by molar-refractivity contribution is 0.0690. The molecule has 19 heavy (non-hydrogen) atoms. The summed E-state index contributed by atoms with van der Waals surface area (Å²) < 4.78 is 32.1. The molecule has 0 aliphatic carbocycles. The second-order valence-corrected chi connectivity index (χ2v) is 3.85. The highest BCUT2D eigenvalue weighted by Gasteiger charge is 2.17. The second-order valence-electron chi connectivity index (χ2n) is 3.85. The highest BCUT2D eigenvalue weighted by molar-refractivity contribution is 5.88. The van der Waals surface area contributed by atoms with Gasteiger partial charge in [-0.3, -0.25) is 0 Å². The summed E-state index contributed by atoms with van der Waals surface area (Å²) in [6.07, 6.45) is 2.03. The maximum Gasteiger partial charge on any atom is 0.338 e. The first-order chi connectivity index (χ1) is 9.09. The molecular weight excluding hydrogens is 256 g/mol. The summed E-state index contributed by atoms with van der Waals surface area (Å²) in [7, 11) is 0. The molecule has 0 spiro atoms. The predicted molar refractivity (Wildman–Crippen MR) is 64.2 cm³/mol. The van der Waals surface area contributed by atoms with E-state index in [1.54, 1.807) is 12.1 Å². The van der Waals surface area contributed by atoms with E-state index >= 15 is 0 Å². The monoisotopic (exact) mass is 267 g/mol. The first-order valence-corrected chi connectivity index (χ1v) is 5.57. The summed E-state index contributed by atoms with van der Waals surface area (Å²) in [5.74, 6) is -3.34. The van der Waals surface area contributed by atoms with Crippen LogP contribution in [0.4, 0.5) is 14.5 Å². The van der Waals surface area contributed by atoms with Crippen molar-refractivity contribution in [3.05, 3.63) is 53.5 Å². The molecule has 2 rings (SSSR count). The van der Waals surface area contributed by atoms with Gasteiger partial charge in [0.1, 0.15) is 5.76 Å². The van der Waals surface area contributed by atoms with Gasteiger partial charge in [0.25, 0.3) is 0 Å². The maximum absolute atomic E-state index is 13.6. The Hall–Kier alpha value is -2.37. The van der Waals surface area contributed by atoms with E-state index in [0.717, 1.165) is 11.8 Å². The molecule has 2 N–H and O–H groups in total. The molecule has 1 aromatic carbocycles. The van der Waals surface area contributed by atoms with Crippen LogP contribution in [0.25, 0.3) is 0 Å². The van der Waals surface area contributed by atoms with Crippen molar-refractivity contribution in [3.8, 4) is 0 Å². The van der Waals surface area contributed by atoms with Crippen LogP contribution in [-0.2, 0) is 6.42 Å². The van der Waals surface area contributed by atoms with Gasteiger partial charge < -0.3 is 14.8 Å².